The van der Waals surface area contributed by atoms with Crippen LogP contribution >= 0.6 is 11.8 Å². The molecule has 0 N–H and O–H groups in total. The Hall–Kier alpha value is -1.93. The van der Waals surface area contributed by atoms with E-state index in [9.17, 15) is 4.79 Å². The molecule has 0 bridgehead atoms. The average molecular weight is 361 g/mol. The number of benzene rings is 1. The van der Waals surface area contributed by atoms with Gasteiger partial charge in [0.05, 0.1) is 13.2 Å². The quantitative estimate of drug-likeness (QED) is 0.748. The lowest BCUT2D eigenvalue weighted by Crippen LogP contribution is -2.39. The van der Waals surface area contributed by atoms with E-state index in [-0.39, 0.29) is 18.1 Å². The highest BCUT2D eigenvalue weighted by Gasteiger charge is 2.28. The first-order valence-corrected chi connectivity index (χ1v) is 9.76. The van der Waals surface area contributed by atoms with E-state index in [1.54, 1.807) is 21.3 Å². The number of likely N-dealkylation sites (N-methyl/N-ethyl adjacent to an activating group) is 1. The molecule has 0 spiro atoms. The Morgan fingerprint density at radius 3 is 3.08 bits per heavy atom. The van der Waals surface area contributed by atoms with Crippen molar-refractivity contribution in [3.05, 3.63) is 41.7 Å². The standard InChI is InChI=1S/C17H23N5O2S/c1-21(11-16-14-6-4-3-5-13(14)7-9-24-16)17(23)15(8-10-25-2)22-12-18-19-20-22/h3-6,12,15-16H,7-11H2,1-2H3/t15-,16-/m1/s1. The summed E-state index contributed by atoms with van der Waals surface area (Å²) in [4.78, 5) is 14.7. The van der Waals surface area contributed by atoms with Crippen molar-refractivity contribution < 1.29 is 9.53 Å². The minimum atomic E-state index is -0.383. The monoisotopic (exact) mass is 361 g/mol. The first-order valence-electron chi connectivity index (χ1n) is 8.36. The normalized spacial score (nSPS) is 17.8. The van der Waals surface area contributed by atoms with Gasteiger partial charge in [-0.2, -0.15) is 11.8 Å². The van der Waals surface area contributed by atoms with Crippen molar-refractivity contribution in [3.8, 4) is 0 Å². The Balaban J connectivity index is 1.71. The molecule has 0 saturated carbocycles. The number of nitrogens with zero attached hydrogens (tertiary/aromatic N) is 5. The molecule has 0 radical (unpaired) electrons. The van der Waals surface area contributed by atoms with E-state index in [4.69, 9.17) is 4.74 Å². The zero-order valence-corrected chi connectivity index (χ0v) is 15.4. The van der Waals surface area contributed by atoms with Crippen LogP contribution in [-0.2, 0) is 16.0 Å². The predicted molar refractivity (Wildman–Crippen MR) is 96.3 cm³/mol. The van der Waals surface area contributed by atoms with Crippen LogP contribution < -0.4 is 0 Å². The second kappa shape index (κ2) is 8.44. The summed E-state index contributed by atoms with van der Waals surface area (Å²) in [6.07, 6.45) is 5.05. The summed E-state index contributed by atoms with van der Waals surface area (Å²) in [5.41, 5.74) is 2.48. The third kappa shape index (κ3) is 4.19. The van der Waals surface area contributed by atoms with Crippen molar-refractivity contribution in [2.75, 3.05) is 32.2 Å². The van der Waals surface area contributed by atoms with Gasteiger partial charge in [0, 0.05) is 7.05 Å². The van der Waals surface area contributed by atoms with Crippen LogP contribution in [-0.4, -0.2) is 63.2 Å². The number of aromatic nitrogens is 4. The molecule has 2 atom stereocenters. The number of carbonyl (C=O) groups is 1. The van der Waals surface area contributed by atoms with Crippen molar-refractivity contribution >= 4 is 17.7 Å². The summed E-state index contributed by atoms with van der Waals surface area (Å²) >= 11 is 1.71. The van der Waals surface area contributed by atoms with Crippen LogP contribution in [0.2, 0.25) is 0 Å². The second-order valence-electron chi connectivity index (χ2n) is 6.11. The Morgan fingerprint density at radius 2 is 2.32 bits per heavy atom. The van der Waals surface area contributed by atoms with Crippen molar-refractivity contribution in [1.82, 2.24) is 25.1 Å². The van der Waals surface area contributed by atoms with Gasteiger partial charge >= 0.3 is 0 Å². The lowest BCUT2D eigenvalue weighted by atomic mass is 9.97. The fraction of sp³-hybridized carbons (Fsp3) is 0.529. The fourth-order valence-electron chi connectivity index (χ4n) is 3.13. The molecule has 1 aromatic heterocycles. The van der Waals surface area contributed by atoms with Crippen LogP contribution in [0.15, 0.2) is 30.6 Å². The minimum absolute atomic E-state index is 0.00741. The van der Waals surface area contributed by atoms with Crippen molar-refractivity contribution in [2.24, 2.45) is 0 Å². The maximum atomic E-state index is 13.0. The Bertz CT molecular complexity index is 694. The van der Waals surface area contributed by atoms with Gasteiger partial charge < -0.3 is 9.64 Å². The Morgan fingerprint density at radius 1 is 1.48 bits per heavy atom. The van der Waals surface area contributed by atoms with E-state index < -0.39 is 0 Å². The smallest absolute Gasteiger partial charge is 0.247 e. The summed E-state index contributed by atoms with van der Waals surface area (Å²) < 4.78 is 7.48. The van der Waals surface area contributed by atoms with Crippen LogP contribution in [0.1, 0.15) is 29.7 Å². The molecule has 0 fully saturated rings. The molecule has 1 amide bonds. The summed E-state index contributed by atoms with van der Waals surface area (Å²) in [6.45, 7) is 1.21. The van der Waals surface area contributed by atoms with Crippen LogP contribution in [0.4, 0.5) is 0 Å². The van der Waals surface area contributed by atoms with Gasteiger partial charge in [-0.15, -0.1) is 5.10 Å². The number of ether oxygens (including phenoxy) is 1. The van der Waals surface area contributed by atoms with Crippen molar-refractivity contribution in [1.29, 1.82) is 0 Å². The molecule has 7 nitrogen and oxygen atoms in total. The molecule has 1 aromatic carbocycles. The third-order valence-electron chi connectivity index (χ3n) is 4.47. The van der Waals surface area contributed by atoms with E-state index in [2.05, 4.69) is 27.7 Å². The zero-order chi connectivity index (χ0) is 17.6. The number of fused-ring (bicyclic) bond motifs is 1. The number of tetrazole rings is 1. The molecular weight excluding hydrogens is 338 g/mol. The summed E-state index contributed by atoms with van der Waals surface area (Å²) in [5.74, 6) is 0.875. The summed E-state index contributed by atoms with van der Waals surface area (Å²) in [6, 6.07) is 7.90. The first kappa shape index (κ1) is 17.9. The number of rotatable bonds is 7. The van der Waals surface area contributed by atoms with Crippen LogP contribution in [0, 0.1) is 0 Å². The number of hydrogen-bond acceptors (Lipinski definition) is 6. The largest absolute Gasteiger partial charge is 0.371 e. The lowest BCUT2D eigenvalue weighted by Gasteiger charge is -2.31. The summed E-state index contributed by atoms with van der Waals surface area (Å²) in [7, 11) is 1.82. The number of amides is 1. The van der Waals surface area contributed by atoms with Gasteiger partial charge in [0.2, 0.25) is 5.91 Å². The fourth-order valence-corrected chi connectivity index (χ4v) is 3.59. The second-order valence-corrected chi connectivity index (χ2v) is 7.10. The third-order valence-corrected chi connectivity index (χ3v) is 5.12. The maximum Gasteiger partial charge on any atom is 0.247 e. The van der Waals surface area contributed by atoms with Crippen molar-refractivity contribution in [2.45, 2.75) is 25.0 Å². The van der Waals surface area contributed by atoms with Gasteiger partial charge in [0.1, 0.15) is 18.5 Å². The lowest BCUT2D eigenvalue weighted by molar-refractivity contribution is -0.136. The average Bonchev–Trinajstić information content (AvgIpc) is 3.16. The molecule has 3 rings (SSSR count). The molecule has 0 saturated heterocycles. The molecule has 8 heteroatoms. The van der Waals surface area contributed by atoms with Crippen LogP contribution in [0.3, 0.4) is 0 Å². The first-order chi connectivity index (χ1) is 12.2. The summed E-state index contributed by atoms with van der Waals surface area (Å²) in [5, 5.41) is 11.3. The molecular formula is C17H23N5O2S. The van der Waals surface area contributed by atoms with E-state index in [0.717, 1.165) is 12.2 Å². The number of hydrogen-bond donors (Lipinski definition) is 0. The van der Waals surface area contributed by atoms with Gasteiger partial charge in [-0.1, -0.05) is 24.3 Å². The topological polar surface area (TPSA) is 73.1 Å². The predicted octanol–water partition coefficient (Wildman–Crippen LogP) is 1.74. The SMILES string of the molecule is CSCC[C@H](C(=O)N(C)C[C@H]1OCCc2ccccc21)n1cnnn1. The highest BCUT2D eigenvalue weighted by Crippen LogP contribution is 2.28. The van der Waals surface area contributed by atoms with E-state index >= 15 is 0 Å². The van der Waals surface area contributed by atoms with Gasteiger partial charge in [-0.05, 0) is 46.4 Å². The van der Waals surface area contributed by atoms with Crippen LogP contribution in [0.5, 0.6) is 0 Å². The number of thioether (sulfide) groups is 1. The molecule has 0 unspecified atom stereocenters. The minimum Gasteiger partial charge on any atom is -0.371 e. The number of carbonyl (C=O) groups excluding carboxylic acids is 1. The Labute approximate surface area is 151 Å². The van der Waals surface area contributed by atoms with Gasteiger partial charge in [0.25, 0.3) is 0 Å². The highest BCUT2D eigenvalue weighted by molar-refractivity contribution is 7.98. The van der Waals surface area contributed by atoms with Gasteiger partial charge in [0.15, 0.2) is 0 Å². The zero-order valence-electron chi connectivity index (χ0n) is 14.5. The van der Waals surface area contributed by atoms with E-state index in [0.29, 0.717) is 19.6 Å². The molecule has 25 heavy (non-hydrogen) atoms. The molecule has 134 valence electrons. The Kier molecular flexibility index (Phi) is 6.04. The van der Waals surface area contributed by atoms with Crippen molar-refractivity contribution in [3.63, 3.8) is 0 Å². The molecule has 1 aliphatic rings. The molecule has 0 aliphatic carbocycles. The van der Waals surface area contributed by atoms with E-state index in [1.165, 1.54) is 17.5 Å². The van der Waals surface area contributed by atoms with Gasteiger partial charge in [-0.3, -0.25) is 4.79 Å². The molecule has 1 aliphatic heterocycles. The highest BCUT2D eigenvalue weighted by atomic mass is 32.2. The maximum absolute atomic E-state index is 13.0. The van der Waals surface area contributed by atoms with Crippen LogP contribution in [0.25, 0.3) is 0 Å². The van der Waals surface area contributed by atoms with Gasteiger partial charge in [-0.25, -0.2) is 4.68 Å². The van der Waals surface area contributed by atoms with E-state index in [1.807, 2.05) is 25.4 Å². The molecule has 2 aromatic rings. The molecule has 2 heterocycles.